The van der Waals surface area contributed by atoms with Gasteiger partial charge in [-0.05, 0) is 96.5 Å². The number of phenolic OH excluding ortho intramolecular Hbond substituents is 2. The van der Waals surface area contributed by atoms with Gasteiger partial charge in [0.05, 0.1) is 37.8 Å². The molecule has 1 unspecified atom stereocenters. The molecule has 14 amide bonds. The van der Waals surface area contributed by atoms with Gasteiger partial charge >= 0.3 is 5.97 Å². The summed E-state index contributed by atoms with van der Waals surface area (Å²) in [6.45, 7) is 7.59. The SMILES string of the molecule is CCCC[C@H]1C(=O)N(C)CC(=O)N[C@@H](CC(=O)O)C(=O)NC(C(C)C)C(=O)N(C)[C@@H](Cc2ccccc2)C(=O)C[C@@H](Cc2ccc(O)cc2)C(=O)N(C)CC(=O)N[C@@H](C)C(=O)N[C@@H](Cc2ccc(O)cc2)C(=O)N[C@@H](CC(C)C)C(=O)N[C@@H](C(=O)NCC(N)=O)CSCC(=O)N[C@@H](Cc2ccccc2)C(=O)N(C)[C@@H](Cc2ccccc2)C(=O)N1C. The van der Waals surface area contributed by atoms with Gasteiger partial charge in [0.2, 0.25) is 82.7 Å². The zero-order valence-electron chi connectivity index (χ0n) is 69.7. The lowest BCUT2D eigenvalue weighted by Gasteiger charge is -2.37. The predicted molar refractivity (Wildman–Crippen MR) is 447 cm³/mol. The quantitative estimate of drug-likeness (QED) is 0.0497. The Hall–Kier alpha value is -12.2. The molecule has 648 valence electrons. The monoisotopic (exact) mass is 1680 g/mol. The number of benzene rings is 5. The van der Waals surface area contributed by atoms with E-state index < -0.39 is 205 Å². The van der Waals surface area contributed by atoms with E-state index in [0.29, 0.717) is 40.7 Å². The first-order valence-corrected chi connectivity index (χ1v) is 41.0. The van der Waals surface area contributed by atoms with Crippen molar-refractivity contribution >= 4 is 106 Å². The summed E-state index contributed by atoms with van der Waals surface area (Å²) in [6, 6.07) is 22.4. The zero-order valence-corrected chi connectivity index (χ0v) is 70.5. The molecule has 0 aliphatic carbocycles. The molecule has 1 saturated heterocycles. The highest BCUT2D eigenvalue weighted by molar-refractivity contribution is 8.00. The van der Waals surface area contributed by atoms with E-state index in [0.717, 1.165) is 26.5 Å². The molecule has 1 aliphatic heterocycles. The number of carbonyl (C=O) groups is 16. The van der Waals surface area contributed by atoms with E-state index in [1.807, 2.05) is 6.92 Å². The average Bonchev–Trinajstić information content (AvgIpc) is 0.813. The summed E-state index contributed by atoms with van der Waals surface area (Å²) in [7, 11) is 6.60. The Morgan fingerprint density at radius 1 is 0.492 bits per heavy atom. The number of nitrogens with one attached hydrogen (secondary N) is 8. The van der Waals surface area contributed by atoms with Gasteiger partial charge in [0.1, 0.15) is 65.9 Å². The Kier molecular flexibility index (Phi) is 38.1. The lowest BCUT2D eigenvalue weighted by atomic mass is 9.88. The number of nitrogens with two attached hydrogens (primary N) is 1. The number of nitrogens with zero attached hydrogens (tertiary/aromatic N) is 5. The molecule has 34 heteroatoms. The smallest absolute Gasteiger partial charge is 0.305 e. The molecule has 0 saturated carbocycles. The lowest BCUT2D eigenvalue weighted by Crippen LogP contribution is -2.59. The number of phenols is 2. The van der Waals surface area contributed by atoms with Crippen molar-refractivity contribution in [2.24, 2.45) is 23.5 Å². The number of unbranched alkanes of at least 4 members (excludes halogenated alkanes) is 1. The van der Waals surface area contributed by atoms with Crippen molar-refractivity contribution in [2.75, 3.05) is 66.4 Å². The summed E-state index contributed by atoms with van der Waals surface area (Å²) in [5.41, 5.74) is 8.04. The Morgan fingerprint density at radius 3 is 1.48 bits per heavy atom. The minimum atomic E-state index is -1.88. The van der Waals surface area contributed by atoms with E-state index in [1.165, 1.54) is 100 Å². The largest absolute Gasteiger partial charge is 0.508 e. The molecule has 0 radical (unpaired) electrons. The Morgan fingerprint density at radius 2 is 0.950 bits per heavy atom. The van der Waals surface area contributed by atoms with Crippen LogP contribution in [-0.2, 0) is 109 Å². The van der Waals surface area contributed by atoms with Gasteiger partial charge in [0.15, 0.2) is 5.78 Å². The van der Waals surface area contributed by atoms with Crippen LogP contribution in [0.1, 0.15) is 108 Å². The van der Waals surface area contributed by atoms with Gasteiger partial charge in [-0.3, -0.25) is 76.7 Å². The van der Waals surface area contributed by atoms with Crippen LogP contribution >= 0.6 is 11.8 Å². The number of likely N-dealkylation sites (N-methyl/N-ethyl adjacent to an activating group) is 5. The molecule has 1 heterocycles. The van der Waals surface area contributed by atoms with Crippen molar-refractivity contribution in [3.63, 3.8) is 0 Å². The molecule has 1 fully saturated rings. The van der Waals surface area contributed by atoms with E-state index in [9.17, 15) is 72.9 Å². The molecule has 120 heavy (non-hydrogen) atoms. The van der Waals surface area contributed by atoms with Crippen LogP contribution in [-0.4, -0.2) is 261 Å². The van der Waals surface area contributed by atoms with Crippen LogP contribution in [0.2, 0.25) is 0 Å². The van der Waals surface area contributed by atoms with Crippen molar-refractivity contribution in [1.29, 1.82) is 0 Å². The lowest BCUT2D eigenvalue weighted by molar-refractivity contribution is -0.151. The molecular weight excluding hydrogens is 1570 g/mol. The van der Waals surface area contributed by atoms with Gasteiger partial charge in [-0.2, -0.15) is 0 Å². The molecule has 13 N–H and O–H groups in total. The number of ketones is 1. The zero-order chi connectivity index (χ0) is 88.6. The summed E-state index contributed by atoms with van der Waals surface area (Å²) in [4.78, 5) is 236. The van der Waals surface area contributed by atoms with Crippen LogP contribution in [0.4, 0.5) is 0 Å². The van der Waals surface area contributed by atoms with Crippen molar-refractivity contribution in [2.45, 2.75) is 173 Å². The standard InChI is InChI=1S/C86H114N14O19S/c1-12-13-29-67-84(117)97(8)48-73(106)90-64(45-75(108)109)81(114)95-76(52(4)5)86(119)99(10)68(42-55-25-19-15-20-26-55)70(103)44-59(39-57-30-34-60(101)35-31-57)82(115)96(7)47-72(105)89-53(6)77(110)92-63(40-58-32-36-61(102)37-33-58)80(113)93-62(38-51(2)3)79(112)94-66(78(111)88-46-71(87)104)49-120-50-74(107)91-65(41-54-23-17-14-18-24-54)83(116)100(11)69(85(118)98(67)9)43-56-27-21-16-22-28-56/h14-28,30-37,51-53,59,62-69,76,101-102H,12-13,29,38-50H2,1-11H3,(H2,87,104)(H,88,111)(H,89,105)(H,90,106)(H,91,107)(H,92,110)(H,93,113)(H,94,112)(H,95,114)(H,108,109)/t53-,59+,62-,63-,64-,65-,66+,67-,68-,69-,76?/m0/s1. The van der Waals surface area contributed by atoms with E-state index in [2.05, 4.69) is 42.5 Å². The second-order valence-electron chi connectivity index (χ2n) is 31.0. The summed E-state index contributed by atoms with van der Waals surface area (Å²) in [5, 5.41) is 51.3. The van der Waals surface area contributed by atoms with Crippen LogP contribution in [0.15, 0.2) is 140 Å². The first-order valence-electron chi connectivity index (χ1n) is 39.8. The number of carbonyl (C=O) groups excluding carboxylic acids is 15. The highest BCUT2D eigenvalue weighted by Gasteiger charge is 2.42. The van der Waals surface area contributed by atoms with Crippen LogP contribution in [0.5, 0.6) is 11.5 Å². The number of carboxylic acids is 1. The molecule has 0 aromatic heterocycles. The third-order valence-electron chi connectivity index (χ3n) is 20.4. The first-order chi connectivity index (χ1) is 56.8. The van der Waals surface area contributed by atoms with Gasteiger partial charge in [-0.1, -0.05) is 163 Å². The minimum absolute atomic E-state index is 0.0384. The fraction of sp³-hybridized carbons (Fsp3) is 0.465. The third kappa shape index (κ3) is 30.6. The number of amides is 14. The number of thioether (sulfide) groups is 1. The van der Waals surface area contributed by atoms with Gasteiger partial charge in [-0.15, -0.1) is 11.8 Å². The van der Waals surface area contributed by atoms with E-state index in [-0.39, 0.29) is 68.1 Å². The maximum atomic E-state index is 15.5. The first kappa shape index (κ1) is 96.6. The van der Waals surface area contributed by atoms with E-state index in [4.69, 9.17) is 5.73 Å². The molecule has 11 atom stereocenters. The second kappa shape index (κ2) is 47.4. The van der Waals surface area contributed by atoms with Gasteiger partial charge < -0.3 is 88.1 Å². The highest BCUT2D eigenvalue weighted by Crippen LogP contribution is 2.25. The summed E-state index contributed by atoms with van der Waals surface area (Å²) in [5.74, 6) is -18.0. The number of aromatic hydroxyl groups is 2. The van der Waals surface area contributed by atoms with Gasteiger partial charge in [-0.25, -0.2) is 0 Å². The molecular formula is C86H114N14O19S. The van der Waals surface area contributed by atoms with Crippen molar-refractivity contribution < 1.29 is 92.0 Å². The number of primary amides is 1. The molecule has 0 spiro atoms. The van der Waals surface area contributed by atoms with Crippen LogP contribution in [0, 0.1) is 17.8 Å². The van der Waals surface area contributed by atoms with Crippen molar-refractivity contribution in [1.82, 2.24) is 67.0 Å². The van der Waals surface area contributed by atoms with Crippen LogP contribution < -0.4 is 48.3 Å². The fourth-order valence-corrected chi connectivity index (χ4v) is 14.5. The molecule has 5 aromatic rings. The molecule has 0 bridgehead atoms. The number of rotatable bonds is 21. The average molecular weight is 1680 g/mol. The maximum absolute atomic E-state index is 15.5. The summed E-state index contributed by atoms with van der Waals surface area (Å²) >= 11 is 0.832. The minimum Gasteiger partial charge on any atom is -0.508 e. The normalized spacial score (nSPS) is 22.7. The molecule has 1 aliphatic rings. The maximum Gasteiger partial charge on any atom is 0.305 e. The van der Waals surface area contributed by atoms with Crippen molar-refractivity contribution in [3.8, 4) is 11.5 Å². The summed E-state index contributed by atoms with van der Waals surface area (Å²) in [6.07, 6.45) is -1.52. The van der Waals surface area contributed by atoms with Gasteiger partial charge in [0, 0.05) is 72.6 Å². The Labute approximate surface area is 703 Å². The number of hydrogen-bond acceptors (Lipinski definition) is 19. The number of Topliss-reactive ketones (excluding diaryl/α,β-unsaturated/α-hetero) is 1. The second-order valence-corrected chi connectivity index (χ2v) is 32.0. The van der Waals surface area contributed by atoms with Gasteiger partial charge in [0.25, 0.3) is 0 Å². The Bertz CT molecular complexity index is 4370. The predicted octanol–water partition coefficient (Wildman–Crippen LogP) is 1.71. The van der Waals surface area contributed by atoms with E-state index >= 15 is 19.2 Å². The highest BCUT2D eigenvalue weighted by atomic mass is 32.2. The molecule has 33 nitrogen and oxygen atoms in total. The number of hydrogen-bond donors (Lipinski definition) is 12. The van der Waals surface area contributed by atoms with Crippen LogP contribution in [0.3, 0.4) is 0 Å². The topological polar surface area (TPSA) is 472 Å². The van der Waals surface area contributed by atoms with Crippen LogP contribution in [0.25, 0.3) is 0 Å². The Balaban J connectivity index is 1.44. The molecule has 5 aromatic carbocycles. The fourth-order valence-electron chi connectivity index (χ4n) is 13.7. The van der Waals surface area contributed by atoms with E-state index in [1.54, 1.807) is 119 Å². The molecule has 6 rings (SSSR count). The van der Waals surface area contributed by atoms with Crippen molar-refractivity contribution in [3.05, 3.63) is 167 Å². The number of carboxylic acid groups (broad SMARTS) is 1. The number of aliphatic carboxylic acids is 1. The summed E-state index contributed by atoms with van der Waals surface area (Å²) < 4.78 is 0. The third-order valence-corrected chi connectivity index (χ3v) is 21.4.